The van der Waals surface area contributed by atoms with Crippen LogP contribution in [0, 0.1) is 5.82 Å². The summed E-state index contributed by atoms with van der Waals surface area (Å²) < 4.78 is 25.7. The molecule has 1 aromatic heterocycles. The highest BCUT2D eigenvalue weighted by Gasteiger charge is 2.33. The van der Waals surface area contributed by atoms with Gasteiger partial charge in [-0.25, -0.2) is 14.0 Å². The number of carbonyl (C=O) groups is 4. The molecule has 1 fully saturated rings. The van der Waals surface area contributed by atoms with E-state index in [0.29, 0.717) is 22.5 Å². The number of pyridine rings is 1. The highest BCUT2D eigenvalue weighted by Crippen LogP contribution is 2.29. The largest absolute Gasteiger partial charge is 0.444 e. The number of nitrogens with one attached hydrogen (secondary N) is 3. The molecule has 2 unspecified atom stereocenters. The monoisotopic (exact) mass is 605 g/mol. The molecule has 0 aliphatic carbocycles. The number of hydrogen-bond acceptors (Lipinski definition) is 7. The molecule has 0 spiro atoms. The second-order valence-corrected chi connectivity index (χ2v) is 11.4. The van der Waals surface area contributed by atoms with Gasteiger partial charge < -0.3 is 25.4 Å². The lowest BCUT2D eigenvalue weighted by Gasteiger charge is -2.23. The summed E-state index contributed by atoms with van der Waals surface area (Å²) in [7, 11) is 0. The smallest absolute Gasteiger partial charge is 0.414 e. The molecule has 1 aliphatic heterocycles. The van der Waals surface area contributed by atoms with Crippen LogP contribution in [-0.2, 0) is 32.0 Å². The zero-order chi connectivity index (χ0) is 31.9. The third-order valence-electron chi connectivity index (χ3n) is 6.60. The van der Waals surface area contributed by atoms with Crippen molar-refractivity contribution >= 4 is 29.7 Å². The van der Waals surface area contributed by atoms with Crippen molar-refractivity contribution in [2.75, 3.05) is 18.0 Å². The van der Waals surface area contributed by atoms with Gasteiger partial charge in [-0.2, -0.15) is 0 Å². The first-order valence-corrected chi connectivity index (χ1v) is 14.2. The summed E-state index contributed by atoms with van der Waals surface area (Å²) in [4.78, 5) is 54.5. The molecule has 12 heteroatoms. The Morgan fingerprint density at radius 2 is 1.84 bits per heavy atom. The molecule has 3 aromatic rings. The van der Waals surface area contributed by atoms with Crippen LogP contribution in [0.3, 0.4) is 0 Å². The molecule has 2 atom stereocenters. The maximum Gasteiger partial charge on any atom is 0.414 e. The van der Waals surface area contributed by atoms with Crippen molar-refractivity contribution in [2.24, 2.45) is 0 Å². The van der Waals surface area contributed by atoms with Crippen molar-refractivity contribution in [1.82, 2.24) is 20.9 Å². The number of nitrogens with zero attached hydrogens (tertiary/aromatic N) is 2. The summed E-state index contributed by atoms with van der Waals surface area (Å²) in [5.74, 6) is -1.16. The van der Waals surface area contributed by atoms with Gasteiger partial charge in [0.05, 0.1) is 18.8 Å². The first-order valence-electron chi connectivity index (χ1n) is 14.2. The standard InChI is InChI=1S/C32H36FN5O6/c1-20(39)35-18-25-19-38(31(42)43-25)24-12-13-26(27(33)16-24)22-10-8-21(9-11-22)17-36-29(40)28(15-23-7-5-6-14-34-23)37-30(41)44-32(2,3)4/h5-14,16,25,28H,15,17-19H2,1-4H3,(H,35,39)(H,36,40)(H,37,41). The fourth-order valence-electron chi connectivity index (χ4n) is 4.50. The average molecular weight is 606 g/mol. The molecule has 232 valence electrons. The molecular weight excluding hydrogens is 569 g/mol. The molecule has 0 bridgehead atoms. The van der Waals surface area contributed by atoms with Crippen LogP contribution in [0.2, 0.25) is 0 Å². The number of carbonyl (C=O) groups excluding carboxylic acids is 4. The summed E-state index contributed by atoms with van der Waals surface area (Å²) in [6, 6.07) is 15.9. The van der Waals surface area contributed by atoms with E-state index in [-0.39, 0.29) is 32.0 Å². The minimum Gasteiger partial charge on any atom is -0.444 e. The van der Waals surface area contributed by atoms with E-state index in [1.165, 1.54) is 17.9 Å². The number of alkyl carbamates (subject to hydrolysis) is 1. The quantitative estimate of drug-likeness (QED) is 0.316. The van der Waals surface area contributed by atoms with E-state index in [1.54, 1.807) is 81.6 Å². The minimum absolute atomic E-state index is 0.172. The van der Waals surface area contributed by atoms with Crippen LogP contribution in [0.25, 0.3) is 11.1 Å². The van der Waals surface area contributed by atoms with Gasteiger partial charge in [-0.1, -0.05) is 30.3 Å². The molecule has 11 nitrogen and oxygen atoms in total. The molecule has 4 rings (SSSR count). The Bertz CT molecular complexity index is 1490. The molecule has 0 radical (unpaired) electrons. The lowest BCUT2D eigenvalue weighted by Crippen LogP contribution is -2.49. The maximum absolute atomic E-state index is 15.2. The lowest BCUT2D eigenvalue weighted by atomic mass is 10.0. The van der Waals surface area contributed by atoms with Gasteiger partial charge in [-0.15, -0.1) is 0 Å². The summed E-state index contributed by atoms with van der Waals surface area (Å²) in [5.41, 5.74) is 1.96. The SMILES string of the molecule is CC(=O)NCC1CN(c2ccc(-c3ccc(CNC(=O)C(Cc4ccccn4)NC(=O)OC(C)(C)C)cc3)c(F)c2)C(=O)O1. The number of rotatable bonds is 10. The van der Waals surface area contributed by atoms with Crippen molar-refractivity contribution in [3.8, 4) is 11.1 Å². The van der Waals surface area contributed by atoms with Gasteiger partial charge in [0.1, 0.15) is 23.6 Å². The van der Waals surface area contributed by atoms with Crippen LogP contribution in [0.15, 0.2) is 66.9 Å². The van der Waals surface area contributed by atoms with Gasteiger partial charge in [-0.05, 0) is 62.2 Å². The molecule has 1 saturated heterocycles. The van der Waals surface area contributed by atoms with Gasteiger partial charge in [0, 0.05) is 37.3 Å². The topological polar surface area (TPSA) is 139 Å². The van der Waals surface area contributed by atoms with Crippen LogP contribution in [0.1, 0.15) is 39.0 Å². The Balaban J connectivity index is 1.38. The summed E-state index contributed by atoms with van der Waals surface area (Å²) >= 11 is 0. The van der Waals surface area contributed by atoms with Crippen LogP contribution in [0.5, 0.6) is 0 Å². The number of halogens is 1. The van der Waals surface area contributed by atoms with Crippen molar-refractivity contribution in [2.45, 2.75) is 58.4 Å². The number of amides is 4. The Morgan fingerprint density at radius 3 is 2.48 bits per heavy atom. The Hall–Kier alpha value is -5.00. The molecule has 3 N–H and O–H groups in total. The first kappa shape index (κ1) is 31.9. The van der Waals surface area contributed by atoms with E-state index in [1.807, 2.05) is 0 Å². The number of ether oxygens (including phenoxy) is 2. The first-order chi connectivity index (χ1) is 20.9. The van der Waals surface area contributed by atoms with E-state index in [9.17, 15) is 19.2 Å². The van der Waals surface area contributed by atoms with Crippen molar-refractivity contribution in [3.05, 3.63) is 83.9 Å². The predicted octanol–water partition coefficient (Wildman–Crippen LogP) is 4.10. The molecular formula is C32H36FN5O6. The average Bonchev–Trinajstić information content (AvgIpc) is 3.34. The number of aromatic nitrogens is 1. The molecule has 2 heterocycles. The number of benzene rings is 2. The van der Waals surface area contributed by atoms with Crippen LogP contribution in [-0.4, -0.2) is 59.8 Å². The van der Waals surface area contributed by atoms with Gasteiger partial charge in [0.25, 0.3) is 0 Å². The predicted molar refractivity (Wildman–Crippen MR) is 161 cm³/mol. The number of anilines is 1. The van der Waals surface area contributed by atoms with Crippen LogP contribution >= 0.6 is 0 Å². The van der Waals surface area contributed by atoms with Gasteiger partial charge in [-0.3, -0.25) is 19.5 Å². The molecule has 1 aliphatic rings. The third kappa shape index (κ3) is 9.00. The Morgan fingerprint density at radius 1 is 1.09 bits per heavy atom. The fourth-order valence-corrected chi connectivity index (χ4v) is 4.50. The van der Waals surface area contributed by atoms with Crippen molar-refractivity contribution < 1.29 is 33.0 Å². The fraction of sp³-hybridized carbons (Fsp3) is 0.344. The zero-order valence-electron chi connectivity index (χ0n) is 25.1. The lowest BCUT2D eigenvalue weighted by molar-refractivity contribution is -0.123. The molecule has 2 aromatic carbocycles. The summed E-state index contributed by atoms with van der Waals surface area (Å²) in [5, 5.41) is 8.07. The molecule has 44 heavy (non-hydrogen) atoms. The second kappa shape index (κ2) is 14.0. The minimum atomic E-state index is -0.916. The second-order valence-electron chi connectivity index (χ2n) is 11.4. The van der Waals surface area contributed by atoms with Crippen LogP contribution in [0.4, 0.5) is 19.7 Å². The van der Waals surface area contributed by atoms with Crippen molar-refractivity contribution in [3.63, 3.8) is 0 Å². The van der Waals surface area contributed by atoms with Gasteiger partial charge in [0.2, 0.25) is 11.8 Å². The van der Waals surface area contributed by atoms with E-state index < -0.39 is 41.7 Å². The highest BCUT2D eigenvalue weighted by molar-refractivity contribution is 5.90. The van der Waals surface area contributed by atoms with Gasteiger partial charge >= 0.3 is 12.2 Å². The Kier molecular flexibility index (Phi) is 10.1. The van der Waals surface area contributed by atoms with E-state index in [0.717, 1.165) is 5.56 Å². The van der Waals surface area contributed by atoms with E-state index >= 15 is 4.39 Å². The molecule has 0 saturated carbocycles. The van der Waals surface area contributed by atoms with E-state index in [2.05, 4.69) is 20.9 Å². The van der Waals surface area contributed by atoms with E-state index in [4.69, 9.17) is 9.47 Å². The summed E-state index contributed by atoms with van der Waals surface area (Å²) in [6.07, 6.45) is -0.0621. The normalized spacial score (nSPS) is 15.2. The van der Waals surface area contributed by atoms with Crippen LogP contribution < -0.4 is 20.9 Å². The van der Waals surface area contributed by atoms with Crippen molar-refractivity contribution in [1.29, 1.82) is 0 Å². The third-order valence-corrected chi connectivity index (χ3v) is 6.60. The zero-order valence-corrected chi connectivity index (χ0v) is 25.1. The van der Waals surface area contributed by atoms with Gasteiger partial charge in [0.15, 0.2) is 0 Å². The maximum atomic E-state index is 15.2. The number of cyclic esters (lactones) is 1. The number of hydrogen-bond donors (Lipinski definition) is 3. The Labute approximate surface area is 255 Å². The highest BCUT2D eigenvalue weighted by atomic mass is 19.1. The molecule has 4 amide bonds. The summed E-state index contributed by atoms with van der Waals surface area (Å²) in [6.45, 7) is 7.12.